The highest BCUT2D eigenvalue weighted by Gasteiger charge is 2.32. The molecule has 0 bridgehead atoms. The molecule has 0 aromatic carbocycles. The van der Waals surface area contributed by atoms with Gasteiger partial charge in [-0.1, -0.05) is 0 Å². The molecule has 0 saturated carbocycles. The van der Waals surface area contributed by atoms with Gasteiger partial charge >= 0.3 is 6.09 Å². The van der Waals surface area contributed by atoms with Gasteiger partial charge in [-0.3, -0.25) is 0 Å². The van der Waals surface area contributed by atoms with Crippen LogP contribution in [0.15, 0.2) is 18.3 Å². The van der Waals surface area contributed by atoms with Crippen LogP contribution in [0.4, 0.5) is 16.3 Å². The van der Waals surface area contributed by atoms with Gasteiger partial charge in [-0.25, -0.2) is 9.78 Å². The van der Waals surface area contributed by atoms with Gasteiger partial charge in [0.1, 0.15) is 11.4 Å². The zero-order valence-electron chi connectivity index (χ0n) is 16.3. The van der Waals surface area contributed by atoms with E-state index in [0.29, 0.717) is 5.82 Å². The number of likely N-dealkylation sites (tertiary alicyclic amines) is 1. The molecule has 2 saturated heterocycles. The number of hydrogen-bond acceptors (Lipinski definition) is 5. The summed E-state index contributed by atoms with van der Waals surface area (Å²) in [5, 5.41) is 0. The van der Waals surface area contributed by atoms with E-state index in [9.17, 15) is 4.79 Å². The van der Waals surface area contributed by atoms with E-state index >= 15 is 0 Å². The maximum atomic E-state index is 12.2. The second-order valence-electron chi connectivity index (χ2n) is 8.57. The standard InChI is InChI=1S/C20H32N4O2/c1-20(2,3)26-19(25)24-12-8-16(9-13-24)15-6-10-23(11-7-15)17-4-5-18(21)22-14-17/h4-5,14-16H,6-13H2,1-3H3,(H2,21,22). The molecule has 0 radical (unpaired) electrons. The van der Waals surface area contributed by atoms with Crippen LogP contribution in [-0.2, 0) is 4.74 Å². The third kappa shape index (κ3) is 4.80. The van der Waals surface area contributed by atoms with Crippen LogP contribution >= 0.6 is 0 Å². The van der Waals surface area contributed by atoms with Crippen molar-refractivity contribution in [1.29, 1.82) is 0 Å². The largest absolute Gasteiger partial charge is 0.444 e. The van der Waals surface area contributed by atoms with Crippen molar-refractivity contribution < 1.29 is 9.53 Å². The van der Waals surface area contributed by atoms with E-state index < -0.39 is 5.60 Å². The summed E-state index contributed by atoms with van der Waals surface area (Å²) in [5.41, 5.74) is 6.42. The van der Waals surface area contributed by atoms with Crippen LogP contribution in [0.25, 0.3) is 0 Å². The molecule has 26 heavy (non-hydrogen) atoms. The minimum Gasteiger partial charge on any atom is -0.444 e. The van der Waals surface area contributed by atoms with Crippen molar-refractivity contribution in [2.45, 2.75) is 52.1 Å². The van der Waals surface area contributed by atoms with Gasteiger partial charge in [-0.05, 0) is 70.4 Å². The zero-order chi connectivity index (χ0) is 18.7. The maximum absolute atomic E-state index is 12.2. The number of amides is 1. The summed E-state index contributed by atoms with van der Waals surface area (Å²) in [6, 6.07) is 3.93. The molecular weight excluding hydrogens is 328 g/mol. The Kier molecular flexibility index (Phi) is 5.58. The first-order valence-corrected chi connectivity index (χ1v) is 9.76. The molecule has 3 rings (SSSR count). The van der Waals surface area contributed by atoms with Gasteiger partial charge in [-0.15, -0.1) is 0 Å². The fraction of sp³-hybridized carbons (Fsp3) is 0.700. The van der Waals surface area contributed by atoms with Crippen LogP contribution in [0.1, 0.15) is 46.5 Å². The molecule has 144 valence electrons. The Morgan fingerprint density at radius 1 is 1.08 bits per heavy atom. The number of nitrogen functional groups attached to an aromatic ring is 1. The van der Waals surface area contributed by atoms with E-state index in [-0.39, 0.29) is 6.09 Å². The predicted octanol–water partition coefficient (Wildman–Crippen LogP) is 3.53. The van der Waals surface area contributed by atoms with E-state index in [0.717, 1.165) is 56.5 Å². The second-order valence-corrected chi connectivity index (χ2v) is 8.57. The quantitative estimate of drug-likeness (QED) is 0.873. The predicted molar refractivity (Wildman–Crippen MR) is 104 cm³/mol. The van der Waals surface area contributed by atoms with Gasteiger partial charge in [0.2, 0.25) is 0 Å². The first-order chi connectivity index (χ1) is 12.3. The molecule has 0 atom stereocenters. The summed E-state index contributed by atoms with van der Waals surface area (Å²) in [6.07, 6.45) is 6.31. The van der Waals surface area contributed by atoms with Gasteiger partial charge in [0.25, 0.3) is 0 Å². The number of carbonyl (C=O) groups excluding carboxylic acids is 1. The molecular formula is C20H32N4O2. The lowest BCUT2D eigenvalue weighted by atomic mass is 9.79. The number of nitrogens with two attached hydrogens (primary N) is 1. The lowest BCUT2D eigenvalue weighted by Crippen LogP contribution is -2.44. The molecule has 3 heterocycles. The molecule has 1 aromatic heterocycles. The summed E-state index contributed by atoms with van der Waals surface area (Å²) in [5.74, 6) is 2.05. The number of carbonyl (C=O) groups is 1. The molecule has 1 amide bonds. The number of piperidine rings is 2. The second kappa shape index (κ2) is 7.72. The fourth-order valence-corrected chi connectivity index (χ4v) is 4.09. The summed E-state index contributed by atoms with van der Waals surface area (Å²) in [6.45, 7) is 9.54. The highest BCUT2D eigenvalue weighted by Crippen LogP contribution is 2.34. The monoisotopic (exact) mass is 360 g/mol. The number of nitrogens with zero attached hydrogens (tertiary/aromatic N) is 3. The topological polar surface area (TPSA) is 71.7 Å². The Labute approximate surface area is 156 Å². The number of ether oxygens (including phenoxy) is 1. The van der Waals surface area contributed by atoms with Crippen LogP contribution in [0, 0.1) is 11.8 Å². The zero-order valence-corrected chi connectivity index (χ0v) is 16.3. The Bertz CT molecular complexity index is 595. The third-order valence-electron chi connectivity index (χ3n) is 5.53. The number of aromatic nitrogens is 1. The van der Waals surface area contributed by atoms with Gasteiger partial charge < -0.3 is 20.3 Å². The Hall–Kier alpha value is -1.98. The number of hydrogen-bond donors (Lipinski definition) is 1. The van der Waals surface area contributed by atoms with Crippen molar-refractivity contribution >= 4 is 17.6 Å². The first kappa shape index (κ1) is 18.8. The average Bonchev–Trinajstić information content (AvgIpc) is 2.61. The molecule has 2 aliphatic heterocycles. The van der Waals surface area contributed by atoms with E-state index in [2.05, 4.69) is 16.0 Å². The van der Waals surface area contributed by atoms with Crippen LogP contribution < -0.4 is 10.6 Å². The summed E-state index contributed by atoms with van der Waals surface area (Å²) in [4.78, 5) is 20.7. The average molecular weight is 361 g/mol. The van der Waals surface area contributed by atoms with Gasteiger partial charge in [0, 0.05) is 26.2 Å². The van der Waals surface area contributed by atoms with Crippen molar-refractivity contribution in [2.24, 2.45) is 11.8 Å². The molecule has 2 aliphatic rings. The number of rotatable bonds is 2. The SMILES string of the molecule is CC(C)(C)OC(=O)N1CCC(C2CCN(c3ccc(N)nc3)CC2)CC1. The minimum atomic E-state index is -0.419. The molecule has 2 fully saturated rings. The highest BCUT2D eigenvalue weighted by molar-refractivity contribution is 5.68. The third-order valence-corrected chi connectivity index (χ3v) is 5.53. The van der Waals surface area contributed by atoms with Gasteiger partial charge in [0.05, 0.1) is 11.9 Å². The molecule has 2 N–H and O–H groups in total. The molecule has 0 unspecified atom stereocenters. The van der Waals surface area contributed by atoms with Gasteiger partial charge in [-0.2, -0.15) is 0 Å². The van der Waals surface area contributed by atoms with Crippen molar-refractivity contribution in [3.8, 4) is 0 Å². The first-order valence-electron chi connectivity index (χ1n) is 9.76. The van der Waals surface area contributed by atoms with Crippen LogP contribution in [0.3, 0.4) is 0 Å². The van der Waals surface area contributed by atoms with Crippen molar-refractivity contribution in [3.63, 3.8) is 0 Å². The summed E-state index contributed by atoms with van der Waals surface area (Å²) < 4.78 is 5.49. The molecule has 0 aliphatic carbocycles. The van der Waals surface area contributed by atoms with E-state index in [1.165, 1.54) is 12.8 Å². The van der Waals surface area contributed by atoms with Crippen LogP contribution in [0.5, 0.6) is 0 Å². The Morgan fingerprint density at radius 2 is 1.65 bits per heavy atom. The van der Waals surface area contributed by atoms with E-state index in [4.69, 9.17) is 10.5 Å². The van der Waals surface area contributed by atoms with E-state index in [1.807, 2.05) is 37.9 Å². The smallest absolute Gasteiger partial charge is 0.410 e. The lowest BCUT2D eigenvalue weighted by Gasteiger charge is -2.40. The van der Waals surface area contributed by atoms with Crippen molar-refractivity contribution in [2.75, 3.05) is 36.8 Å². The van der Waals surface area contributed by atoms with Crippen molar-refractivity contribution in [3.05, 3.63) is 18.3 Å². The van der Waals surface area contributed by atoms with Gasteiger partial charge in [0.15, 0.2) is 0 Å². The Balaban J connectivity index is 1.45. The highest BCUT2D eigenvalue weighted by atomic mass is 16.6. The molecule has 0 spiro atoms. The van der Waals surface area contributed by atoms with Crippen LogP contribution in [0.2, 0.25) is 0 Å². The van der Waals surface area contributed by atoms with Crippen LogP contribution in [-0.4, -0.2) is 47.8 Å². The maximum Gasteiger partial charge on any atom is 0.410 e. The summed E-state index contributed by atoms with van der Waals surface area (Å²) in [7, 11) is 0. The number of anilines is 2. The fourth-order valence-electron chi connectivity index (χ4n) is 4.09. The lowest BCUT2D eigenvalue weighted by molar-refractivity contribution is 0.0152. The van der Waals surface area contributed by atoms with E-state index in [1.54, 1.807) is 0 Å². The molecule has 1 aromatic rings. The number of pyridine rings is 1. The molecule has 6 heteroatoms. The normalized spacial score (nSPS) is 20.3. The molecule has 6 nitrogen and oxygen atoms in total. The summed E-state index contributed by atoms with van der Waals surface area (Å²) >= 11 is 0. The Morgan fingerprint density at radius 3 is 2.15 bits per heavy atom. The van der Waals surface area contributed by atoms with Crippen molar-refractivity contribution in [1.82, 2.24) is 9.88 Å². The minimum absolute atomic E-state index is 0.165.